The van der Waals surface area contributed by atoms with Crippen molar-refractivity contribution in [1.29, 1.82) is 0 Å². The highest BCUT2D eigenvalue weighted by atomic mass is 16.6. The summed E-state index contributed by atoms with van der Waals surface area (Å²) in [6, 6.07) is 5.88. The molecule has 1 amide bonds. The van der Waals surface area contributed by atoms with Gasteiger partial charge in [0.25, 0.3) is 5.91 Å². The lowest BCUT2D eigenvalue weighted by Gasteiger charge is -2.35. The molecule has 2 fully saturated rings. The van der Waals surface area contributed by atoms with Gasteiger partial charge >= 0.3 is 5.97 Å². The molecule has 2 aliphatic rings. The third kappa shape index (κ3) is 4.42. The molecule has 2 aromatic rings. The Bertz CT molecular complexity index is 1000. The molecule has 8 heteroatoms. The number of ether oxygens (including phenoxy) is 2. The molecule has 1 atom stereocenters. The summed E-state index contributed by atoms with van der Waals surface area (Å²) >= 11 is 0. The van der Waals surface area contributed by atoms with Gasteiger partial charge in [-0.1, -0.05) is 0 Å². The molecular weight excluding hydrogens is 408 g/mol. The molecule has 1 aromatic heterocycles. The summed E-state index contributed by atoms with van der Waals surface area (Å²) in [5.41, 5.74) is -0.614. The van der Waals surface area contributed by atoms with Gasteiger partial charge in [0, 0.05) is 61.6 Å². The Hall–Kier alpha value is -2.71. The number of hydrogen-bond donors (Lipinski definition) is 1. The summed E-state index contributed by atoms with van der Waals surface area (Å²) < 4.78 is 11.2. The van der Waals surface area contributed by atoms with E-state index in [4.69, 9.17) is 9.47 Å². The SMILES string of the molecule is CN1CCN(c2ccc(NC(=O)C3(C(=O)OC(C)(C)C)CCCO3)c3cnccc23)CC1. The number of nitrogens with one attached hydrogen (secondary N) is 1. The first kappa shape index (κ1) is 22.5. The fourth-order valence-corrected chi connectivity index (χ4v) is 4.26. The Morgan fingerprint density at radius 1 is 1.12 bits per heavy atom. The van der Waals surface area contributed by atoms with Crippen molar-refractivity contribution in [2.24, 2.45) is 0 Å². The quantitative estimate of drug-likeness (QED) is 0.578. The van der Waals surface area contributed by atoms with E-state index in [2.05, 4.69) is 27.1 Å². The summed E-state index contributed by atoms with van der Waals surface area (Å²) in [6.45, 7) is 9.56. The van der Waals surface area contributed by atoms with Gasteiger partial charge in [-0.25, -0.2) is 4.79 Å². The molecule has 0 spiro atoms. The average molecular weight is 441 g/mol. The van der Waals surface area contributed by atoms with E-state index >= 15 is 0 Å². The molecule has 2 aliphatic heterocycles. The number of rotatable bonds is 4. The van der Waals surface area contributed by atoms with Gasteiger partial charge in [-0.15, -0.1) is 0 Å². The molecule has 172 valence electrons. The number of amides is 1. The van der Waals surface area contributed by atoms with Gasteiger partial charge in [0.2, 0.25) is 5.60 Å². The molecular formula is C24H32N4O4. The maximum atomic E-state index is 13.4. The lowest BCUT2D eigenvalue weighted by Crippen LogP contribution is -2.52. The van der Waals surface area contributed by atoms with Crippen molar-refractivity contribution in [2.75, 3.05) is 50.1 Å². The molecule has 8 nitrogen and oxygen atoms in total. The predicted octanol–water partition coefficient (Wildman–Crippen LogP) is 2.82. The van der Waals surface area contributed by atoms with Crippen molar-refractivity contribution in [1.82, 2.24) is 9.88 Å². The first-order chi connectivity index (χ1) is 15.2. The van der Waals surface area contributed by atoms with E-state index in [1.54, 1.807) is 33.2 Å². The molecule has 0 bridgehead atoms. The molecule has 0 radical (unpaired) electrons. The van der Waals surface area contributed by atoms with Crippen LogP contribution in [0.2, 0.25) is 0 Å². The molecule has 2 saturated heterocycles. The zero-order valence-electron chi connectivity index (χ0n) is 19.3. The molecule has 0 aliphatic carbocycles. The molecule has 0 saturated carbocycles. The van der Waals surface area contributed by atoms with Crippen LogP contribution in [0.5, 0.6) is 0 Å². The number of nitrogens with zero attached hydrogens (tertiary/aromatic N) is 3. The van der Waals surface area contributed by atoms with Crippen LogP contribution < -0.4 is 10.2 Å². The van der Waals surface area contributed by atoms with Crippen LogP contribution in [-0.2, 0) is 19.1 Å². The van der Waals surface area contributed by atoms with Crippen LogP contribution in [-0.4, -0.2) is 72.8 Å². The van der Waals surface area contributed by atoms with E-state index in [0.717, 1.165) is 42.6 Å². The van der Waals surface area contributed by atoms with Crippen LogP contribution in [0.3, 0.4) is 0 Å². The highest BCUT2D eigenvalue weighted by Gasteiger charge is 2.52. The minimum Gasteiger partial charge on any atom is -0.457 e. The van der Waals surface area contributed by atoms with Crippen LogP contribution in [0.25, 0.3) is 10.8 Å². The van der Waals surface area contributed by atoms with Crippen LogP contribution in [0.15, 0.2) is 30.6 Å². The van der Waals surface area contributed by atoms with E-state index in [0.29, 0.717) is 25.1 Å². The van der Waals surface area contributed by atoms with E-state index in [-0.39, 0.29) is 0 Å². The lowest BCUT2D eigenvalue weighted by molar-refractivity contribution is -0.180. The number of pyridine rings is 1. The number of esters is 1. The van der Waals surface area contributed by atoms with Crippen molar-refractivity contribution in [3.05, 3.63) is 30.6 Å². The average Bonchev–Trinajstić information content (AvgIpc) is 3.25. The summed E-state index contributed by atoms with van der Waals surface area (Å²) in [4.78, 5) is 35.2. The van der Waals surface area contributed by atoms with Crippen LogP contribution in [0.1, 0.15) is 33.6 Å². The monoisotopic (exact) mass is 440 g/mol. The van der Waals surface area contributed by atoms with Gasteiger partial charge in [0.1, 0.15) is 5.60 Å². The number of aromatic nitrogens is 1. The van der Waals surface area contributed by atoms with E-state index in [9.17, 15) is 9.59 Å². The maximum absolute atomic E-state index is 13.4. The normalized spacial score (nSPS) is 22.2. The Labute approximate surface area is 188 Å². The zero-order chi connectivity index (χ0) is 22.9. The number of carbonyl (C=O) groups excluding carboxylic acids is 2. The minimum atomic E-state index is -1.63. The third-order valence-corrected chi connectivity index (χ3v) is 6.00. The van der Waals surface area contributed by atoms with E-state index < -0.39 is 23.1 Å². The van der Waals surface area contributed by atoms with Crippen molar-refractivity contribution in [3.63, 3.8) is 0 Å². The molecule has 3 heterocycles. The Balaban J connectivity index is 1.63. The standard InChI is InChI=1S/C24H32N4O4/c1-23(2,3)32-22(30)24(9-5-15-31-24)21(29)26-19-6-7-20(17-8-10-25-16-18(17)19)28-13-11-27(4)12-14-28/h6-8,10,16H,5,9,11-15H2,1-4H3,(H,26,29). The van der Waals surface area contributed by atoms with E-state index in [1.807, 2.05) is 18.2 Å². The number of anilines is 2. The number of hydrogen-bond acceptors (Lipinski definition) is 7. The van der Waals surface area contributed by atoms with Gasteiger partial charge < -0.3 is 24.6 Å². The fourth-order valence-electron chi connectivity index (χ4n) is 4.26. The molecule has 1 unspecified atom stereocenters. The van der Waals surface area contributed by atoms with Crippen molar-refractivity contribution in [2.45, 2.75) is 44.8 Å². The largest absolute Gasteiger partial charge is 0.457 e. The van der Waals surface area contributed by atoms with Gasteiger partial charge in [0.05, 0.1) is 5.69 Å². The van der Waals surface area contributed by atoms with Gasteiger partial charge in [-0.3, -0.25) is 9.78 Å². The number of fused-ring (bicyclic) bond motifs is 1. The van der Waals surface area contributed by atoms with Crippen molar-refractivity contribution < 1.29 is 19.1 Å². The molecule has 1 N–H and O–H groups in total. The topological polar surface area (TPSA) is 84.0 Å². The summed E-state index contributed by atoms with van der Waals surface area (Å²) in [7, 11) is 2.13. The number of benzene rings is 1. The van der Waals surface area contributed by atoms with Crippen molar-refractivity contribution in [3.8, 4) is 0 Å². The minimum absolute atomic E-state index is 0.295. The highest BCUT2D eigenvalue weighted by molar-refractivity contribution is 6.15. The smallest absolute Gasteiger partial charge is 0.348 e. The highest BCUT2D eigenvalue weighted by Crippen LogP contribution is 2.35. The maximum Gasteiger partial charge on any atom is 0.348 e. The second-order valence-corrected chi connectivity index (χ2v) is 9.58. The zero-order valence-corrected chi connectivity index (χ0v) is 19.3. The molecule has 4 rings (SSSR count). The molecule has 1 aromatic carbocycles. The number of carbonyl (C=O) groups is 2. The second-order valence-electron chi connectivity index (χ2n) is 9.58. The number of likely N-dealkylation sites (N-methyl/N-ethyl adjacent to an activating group) is 1. The molecule has 32 heavy (non-hydrogen) atoms. The first-order valence-corrected chi connectivity index (χ1v) is 11.2. The first-order valence-electron chi connectivity index (χ1n) is 11.2. The van der Waals surface area contributed by atoms with Crippen molar-refractivity contribution >= 4 is 34.0 Å². The number of piperazine rings is 1. The lowest BCUT2D eigenvalue weighted by atomic mass is 9.98. The van der Waals surface area contributed by atoms with Gasteiger partial charge in [-0.2, -0.15) is 0 Å². The Morgan fingerprint density at radius 3 is 2.53 bits per heavy atom. The fraction of sp³-hybridized carbons (Fsp3) is 0.542. The van der Waals surface area contributed by atoms with Crippen LogP contribution >= 0.6 is 0 Å². The Morgan fingerprint density at radius 2 is 1.88 bits per heavy atom. The predicted molar refractivity (Wildman–Crippen MR) is 124 cm³/mol. The Kier molecular flexibility index (Phi) is 6.09. The van der Waals surface area contributed by atoms with Crippen LogP contribution in [0.4, 0.5) is 11.4 Å². The van der Waals surface area contributed by atoms with Gasteiger partial charge in [-0.05, 0) is 58.9 Å². The summed E-state index contributed by atoms with van der Waals surface area (Å²) in [5.74, 6) is -1.14. The summed E-state index contributed by atoms with van der Waals surface area (Å²) in [6.07, 6.45) is 4.43. The summed E-state index contributed by atoms with van der Waals surface area (Å²) in [5, 5.41) is 4.78. The second kappa shape index (κ2) is 8.67. The van der Waals surface area contributed by atoms with E-state index in [1.165, 1.54) is 0 Å². The third-order valence-electron chi connectivity index (χ3n) is 6.00. The van der Waals surface area contributed by atoms with Crippen LogP contribution in [0, 0.1) is 0 Å². The van der Waals surface area contributed by atoms with Gasteiger partial charge in [0.15, 0.2) is 0 Å².